The number of nitrogens with zero attached hydrogens (tertiary/aromatic N) is 1. The molecule has 0 aliphatic carbocycles. The van der Waals surface area contributed by atoms with Crippen LogP contribution in [0, 0.1) is 18.6 Å². The summed E-state index contributed by atoms with van der Waals surface area (Å²) in [6.45, 7) is 4.13. The number of aryl methyl sites for hydroxylation is 1. The topological polar surface area (TPSA) is 60.5 Å². The monoisotopic (exact) mass is 404 g/mol. The van der Waals surface area contributed by atoms with E-state index in [0.29, 0.717) is 40.1 Å². The Hall–Kier alpha value is -3.00. The average molecular weight is 404 g/mol. The second-order valence-electron chi connectivity index (χ2n) is 5.81. The lowest BCUT2D eigenvalue weighted by atomic mass is 10.1. The van der Waals surface area contributed by atoms with E-state index in [1.807, 2.05) is 6.92 Å². The molecule has 0 radical (unpaired) electrons. The van der Waals surface area contributed by atoms with Gasteiger partial charge in [-0.2, -0.15) is 0 Å². The molecule has 8 heteroatoms. The molecule has 0 aliphatic rings. The molecule has 0 aliphatic heterocycles. The zero-order valence-corrected chi connectivity index (χ0v) is 16.3. The molecule has 1 amide bonds. The standard InChI is InChI=1S/C20H18F2N2O3S/c1-4-27-16-8-6-13(10-17(16)26-3)19(25)24-20-23-18(11(2)28-20)12-5-7-14(21)15(22)9-12/h5-10H,4H2,1-3H3,(H,23,24,25). The molecule has 0 saturated carbocycles. The van der Waals surface area contributed by atoms with Crippen LogP contribution in [-0.2, 0) is 0 Å². The van der Waals surface area contributed by atoms with E-state index in [9.17, 15) is 13.6 Å². The van der Waals surface area contributed by atoms with Crippen LogP contribution in [0.1, 0.15) is 22.2 Å². The second kappa shape index (κ2) is 8.35. The Morgan fingerprint density at radius 2 is 1.93 bits per heavy atom. The third kappa shape index (κ3) is 4.12. The molecule has 0 unspecified atom stereocenters. The maximum Gasteiger partial charge on any atom is 0.257 e. The molecule has 2 aromatic carbocycles. The van der Waals surface area contributed by atoms with Crippen LogP contribution in [0.2, 0.25) is 0 Å². The highest BCUT2D eigenvalue weighted by Crippen LogP contribution is 2.32. The molecule has 0 atom stereocenters. The number of nitrogens with one attached hydrogen (secondary N) is 1. The molecule has 1 heterocycles. The van der Waals surface area contributed by atoms with Gasteiger partial charge in [-0.3, -0.25) is 10.1 Å². The van der Waals surface area contributed by atoms with E-state index >= 15 is 0 Å². The summed E-state index contributed by atoms with van der Waals surface area (Å²) in [4.78, 5) is 17.7. The lowest BCUT2D eigenvalue weighted by molar-refractivity contribution is 0.102. The first-order valence-corrected chi connectivity index (χ1v) is 9.29. The summed E-state index contributed by atoms with van der Waals surface area (Å²) in [7, 11) is 1.50. The highest BCUT2D eigenvalue weighted by molar-refractivity contribution is 7.16. The van der Waals surface area contributed by atoms with E-state index < -0.39 is 11.6 Å². The van der Waals surface area contributed by atoms with Crippen molar-refractivity contribution >= 4 is 22.4 Å². The van der Waals surface area contributed by atoms with Crippen molar-refractivity contribution in [2.75, 3.05) is 19.0 Å². The zero-order chi connectivity index (χ0) is 20.3. The molecule has 1 aromatic heterocycles. The highest BCUT2D eigenvalue weighted by atomic mass is 32.1. The van der Waals surface area contributed by atoms with Crippen molar-refractivity contribution in [1.82, 2.24) is 4.98 Å². The Bertz CT molecular complexity index is 1020. The molecule has 0 spiro atoms. The maximum absolute atomic E-state index is 13.5. The first-order chi connectivity index (χ1) is 13.4. The third-order valence-corrected chi connectivity index (χ3v) is 4.82. The number of anilines is 1. The van der Waals surface area contributed by atoms with Crippen LogP contribution in [0.3, 0.4) is 0 Å². The first-order valence-electron chi connectivity index (χ1n) is 8.48. The third-order valence-electron chi connectivity index (χ3n) is 3.94. The van der Waals surface area contributed by atoms with Crippen LogP contribution in [0.4, 0.5) is 13.9 Å². The van der Waals surface area contributed by atoms with Crippen LogP contribution < -0.4 is 14.8 Å². The van der Waals surface area contributed by atoms with E-state index in [4.69, 9.17) is 9.47 Å². The average Bonchev–Trinajstić information content (AvgIpc) is 3.04. The van der Waals surface area contributed by atoms with Crippen LogP contribution in [0.25, 0.3) is 11.3 Å². The van der Waals surface area contributed by atoms with Crippen molar-refractivity contribution in [2.24, 2.45) is 0 Å². The highest BCUT2D eigenvalue weighted by Gasteiger charge is 2.16. The lowest BCUT2D eigenvalue weighted by Crippen LogP contribution is -2.12. The molecule has 28 heavy (non-hydrogen) atoms. The molecule has 146 valence electrons. The lowest BCUT2D eigenvalue weighted by Gasteiger charge is -2.10. The normalized spacial score (nSPS) is 10.6. The largest absolute Gasteiger partial charge is 0.493 e. The molecular weight excluding hydrogens is 386 g/mol. The van der Waals surface area contributed by atoms with Crippen LogP contribution in [0.5, 0.6) is 11.5 Å². The Kier molecular flexibility index (Phi) is 5.89. The van der Waals surface area contributed by atoms with Gasteiger partial charge >= 0.3 is 0 Å². The van der Waals surface area contributed by atoms with E-state index in [1.165, 1.54) is 24.5 Å². The summed E-state index contributed by atoms with van der Waals surface area (Å²) in [5.41, 5.74) is 1.31. The van der Waals surface area contributed by atoms with Crippen molar-refractivity contribution in [3.63, 3.8) is 0 Å². The summed E-state index contributed by atoms with van der Waals surface area (Å²) < 4.78 is 37.4. The molecule has 3 aromatic rings. The predicted octanol–water partition coefficient (Wildman–Crippen LogP) is 5.06. The first kappa shape index (κ1) is 19.8. The number of halogens is 2. The van der Waals surface area contributed by atoms with Gasteiger partial charge in [-0.25, -0.2) is 13.8 Å². The maximum atomic E-state index is 13.5. The number of benzene rings is 2. The van der Waals surface area contributed by atoms with Crippen molar-refractivity contribution in [3.05, 3.63) is 58.5 Å². The number of hydrogen-bond donors (Lipinski definition) is 1. The number of thiazole rings is 1. The number of rotatable bonds is 6. The molecule has 0 bridgehead atoms. The summed E-state index contributed by atoms with van der Waals surface area (Å²) in [5, 5.41) is 3.08. The van der Waals surface area contributed by atoms with Gasteiger partial charge < -0.3 is 9.47 Å². The number of amides is 1. The van der Waals surface area contributed by atoms with Crippen molar-refractivity contribution in [2.45, 2.75) is 13.8 Å². The molecule has 0 fully saturated rings. The predicted molar refractivity (Wildman–Crippen MR) is 104 cm³/mol. The van der Waals surface area contributed by atoms with E-state index in [2.05, 4.69) is 10.3 Å². The minimum absolute atomic E-state index is 0.357. The number of carbonyl (C=O) groups excluding carboxylic acids is 1. The summed E-state index contributed by atoms with van der Waals surface area (Å²) in [6.07, 6.45) is 0. The molecule has 5 nitrogen and oxygen atoms in total. The van der Waals surface area contributed by atoms with Gasteiger partial charge in [0.15, 0.2) is 28.3 Å². The Morgan fingerprint density at radius 1 is 1.14 bits per heavy atom. The van der Waals surface area contributed by atoms with E-state index in [1.54, 1.807) is 25.1 Å². The number of aromatic nitrogens is 1. The van der Waals surface area contributed by atoms with Gasteiger partial charge in [0.1, 0.15) is 0 Å². The SMILES string of the molecule is CCOc1ccc(C(=O)Nc2nc(-c3ccc(F)c(F)c3)c(C)s2)cc1OC. The Morgan fingerprint density at radius 3 is 2.61 bits per heavy atom. The van der Waals surface area contributed by atoms with Gasteiger partial charge in [0.05, 0.1) is 19.4 Å². The van der Waals surface area contributed by atoms with Gasteiger partial charge in [0.25, 0.3) is 5.91 Å². The van der Waals surface area contributed by atoms with E-state index in [-0.39, 0.29) is 5.91 Å². The fraction of sp³-hybridized carbons (Fsp3) is 0.200. The Labute approximate surface area is 164 Å². The van der Waals surface area contributed by atoms with Gasteiger partial charge in [-0.15, -0.1) is 11.3 Å². The minimum Gasteiger partial charge on any atom is -0.493 e. The van der Waals surface area contributed by atoms with Gasteiger partial charge in [-0.1, -0.05) is 0 Å². The van der Waals surface area contributed by atoms with Crippen molar-refractivity contribution < 1.29 is 23.0 Å². The van der Waals surface area contributed by atoms with Gasteiger partial charge in [-0.05, 0) is 50.2 Å². The summed E-state index contributed by atoms with van der Waals surface area (Å²) in [5.74, 6) is -1.24. The minimum atomic E-state index is -0.947. The van der Waals surface area contributed by atoms with Crippen molar-refractivity contribution in [1.29, 1.82) is 0 Å². The van der Waals surface area contributed by atoms with Crippen molar-refractivity contribution in [3.8, 4) is 22.8 Å². The molecular formula is C20H18F2N2O3S. The smallest absolute Gasteiger partial charge is 0.257 e. The fourth-order valence-electron chi connectivity index (χ4n) is 2.61. The number of methoxy groups -OCH3 is 1. The number of hydrogen-bond acceptors (Lipinski definition) is 5. The molecule has 3 rings (SSSR count). The van der Waals surface area contributed by atoms with Crippen LogP contribution >= 0.6 is 11.3 Å². The van der Waals surface area contributed by atoms with Gasteiger partial charge in [0.2, 0.25) is 0 Å². The second-order valence-corrected chi connectivity index (χ2v) is 7.01. The van der Waals surface area contributed by atoms with Crippen LogP contribution in [-0.4, -0.2) is 24.6 Å². The van der Waals surface area contributed by atoms with Crippen LogP contribution in [0.15, 0.2) is 36.4 Å². The molecule has 1 N–H and O–H groups in total. The molecule has 0 saturated heterocycles. The zero-order valence-electron chi connectivity index (χ0n) is 15.5. The number of carbonyl (C=O) groups is 1. The summed E-state index contributed by atoms with van der Waals surface area (Å²) in [6, 6.07) is 8.45. The Balaban J connectivity index is 1.82. The fourth-order valence-corrected chi connectivity index (χ4v) is 3.44. The quantitative estimate of drug-likeness (QED) is 0.624. The van der Waals surface area contributed by atoms with Gasteiger partial charge in [0, 0.05) is 16.0 Å². The number of ether oxygens (including phenoxy) is 2. The van der Waals surface area contributed by atoms with E-state index in [0.717, 1.165) is 17.0 Å². The summed E-state index contributed by atoms with van der Waals surface area (Å²) >= 11 is 1.25.